The lowest BCUT2D eigenvalue weighted by atomic mass is 9.45. The highest BCUT2D eigenvalue weighted by molar-refractivity contribution is 6.90. The second-order valence-corrected chi connectivity index (χ2v) is 18.2. The summed E-state index contributed by atoms with van der Waals surface area (Å²) >= 11 is 0. The Morgan fingerprint density at radius 2 is 0.938 bits per heavy atom. The lowest BCUT2D eigenvalue weighted by Gasteiger charge is -2.42. The molecule has 0 aliphatic carbocycles. The lowest BCUT2D eigenvalue weighted by molar-refractivity contribution is 1.16. The van der Waals surface area contributed by atoms with E-state index in [1.807, 2.05) is 0 Å². The van der Waals surface area contributed by atoms with Gasteiger partial charge in [0.2, 0.25) is 0 Å². The lowest BCUT2D eigenvalue weighted by Crippen LogP contribution is -2.56. The molecule has 1 aromatic heterocycles. The Morgan fingerprint density at radius 3 is 1.55 bits per heavy atom. The van der Waals surface area contributed by atoms with Crippen molar-refractivity contribution in [2.75, 3.05) is 14.7 Å². The van der Waals surface area contributed by atoms with E-state index in [-0.39, 0.29) is 6.85 Å². The monoisotopic (exact) mass is 836 g/mol. The Balaban J connectivity index is 1.22. The molecule has 4 nitrogen and oxygen atoms in total. The van der Waals surface area contributed by atoms with E-state index in [4.69, 9.17) is 0 Å². The molecule has 12 rings (SSSR count). The van der Waals surface area contributed by atoms with E-state index in [0.29, 0.717) is 0 Å². The summed E-state index contributed by atoms with van der Waals surface area (Å²) in [4.78, 5) is 7.50. The van der Waals surface area contributed by atoms with Crippen LogP contribution in [0.2, 0.25) is 0 Å². The van der Waals surface area contributed by atoms with Gasteiger partial charge in [-0.3, -0.25) is 0 Å². The standard InChI is InChI=1S/C60H49BN4/c1-38-31-40(3)58(41(4)32-38)64(59-42(5)33-39(2)34-43(59)6)48-35-52-51-27-18-26-50-49-25-16-17-28-54(49)65(60(50)51)61-53-30-29-47(62(44-19-10-7-11-20-44)45-21-12-8-13-22-45)36-55(53)63(56(37-48)57(52)61)46-23-14-9-15-24-46/h7-37H,1-6H3. The fourth-order valence-corrected chi connectivity index (χ4v) is 11.5. The fraction of sp³-hybridized carbons (Fsp3) is 0.100. The van der Waals surface area contributed by atoms with E-state index in [9.17, 15) is 0 Å². The van der Waals surface area contributed by atoms with Crippen LogP contribution in [0, 0.1) is 41.5 Å². The van der Waals surface area contributed by atoms with Gasteiger partial charge in [-0.15, -0.1) is 0 Å². The summed E-state index contributed by atoms with van der Waals surface area (Å²) < 4.78 is 2.65. The molecule has 0 saturated carbocycles. The normalized spacial score (nSPS) is 12.4. The van der Waals surface area contributed by atoms with Crippen molar-refractivity contribution < 1.29 is 0 Å². The SMILES string of the molecule is Cc1cc(C)c(N(c2cc3c4c(c2)N(c2ccccc2)c2cc(N(c5ccccc5)c5ccccc5)ccc2B4n2c4ccccc4c4cccc-3c42)c2c(C)cc(C)cc2C)c(C)c1. The molecule has 0 atom stereocenters. The maximum Gasteiger partial charge on any atom is 0.333 e. The average Bonchev–Trinajstić information content (AvgIpc) is 3.65. The molecule has 0 saturated heterocycles. The molecule has 0 bridgehead atoms. The van der Waals surface area contributed by atoms with Gasteiger partial charge in [0, 0.05) is 67.2 Å². The quantitative estimate of drug-likeness (QED) is 0.149. The molecular formula is C60H49BN4. The molecule has 0 amide bonds. The van der Waals surface area contributed by atoms with E-state index in [1.165, 1.54) is 94.3 Å². The van der Waals surface area contributed by atoms with Crippen LogP contribution in [0.5, 0.6) is 0 Å². The zero-order valence-corrected chi connectivity index (χ0v) is 37.8. The molecule has 0 fully saturated rings. The molecule has 5 heteroatoms. The van der Waals surface area contributed by atoms with Crippen LogP contribution in [0.15, 0.2) is 188 Å². The summed E-state index contributed by atoms with van der Waals surface area (Å²) in [5, 5.41) is 2.56. The number of fused-ring (bicyclic) bond motifs is 7. The number of anilines is 9. The summed E-state index contributed by atoms with van der Waals surface area (Å²) in [7, 11) is 0. The van der Waals surface area contributed by atoms with Gasteiger partial charge < -0.3 is 19.2 Å². The Hall–Kier alpha value is -7.76. The van der Waals surface area contributed by atoms with Crippen LogP contribution in [0.1, 0.15) is 33.4 Å². The predicted molar refractivity (Wildman–Crippen MR) is 278 cm³/mol. The zero-order chi connectivity index (χ0) is 44.1. The Bertz CT molecular complexity index is 3380. The predicted octanol–water partition coefficient (Wildman–Crippen LogP) is 15.0. The summed E-state index contributed by atoms with van der Waals surface area (Å²) in [5.74, 6) is 0. The van der Waals surface area contributed by atoms with Crippen LogP contribution in [0.3, 0.4) is 0 Å². The maximum absolute atomic E-state index is 2.65. The molecule has 0 N–H and O–H groups in total. The van der Waals surface area contributed by atoms with E-state index >= 15 is 0 Å². The van der Waals surface area contributed by atoms with Crippen molar-refractivity contribution in [3.05, 3.63) is 221 Å². The number of nitrogens with zero attached hydrogens (tertiary/aromatic N) is 4. The Labute approximate surface area is 382 Å². The van der Waals surface area contributed by atoms with Gasteiger partial charge in [0.25, 0.3) is 0 Å². The average molecular weight is 837 g/mol. The highest BCUT2D eigenvalue weighted by atomic mass is 15.2. The van der Waals surface area contributed by atoms with Crippen molar-refractivity contribution in [1.82, 2.24) is 4.48 Å². The van der Waals surface area contributed by atoms with Gasteiger partial charge in [-0.2, -0.15) is 0 Å². The number of aromatic nitrogens is 1. The summed E-state index contributed by atoms with van der Waals surface area (Å²) in [5.41, 5.74) is 25.6. The van der Waals surface area contributed by atoms with E-state index in [0.717, 1.165) is 34.1 Å². The van der Waals surface area contributed by atoms with Crippen molar-refractivity contribution >= 4 is 90.8 Å². The van der Waals surface area contributed by atoms with Gasteiger partial charge in [0.15, 0.2) is 0 Å². The minimum Gasteiger partial charge on any atom is -0.375 e. The fourth-order valence-electron chi connectivity index (χ4n) is 11.5. The third-order valence-corrected chi connectivity index (χ3v) is 13.8. The third-order valence-electron chi connectivity index (χ3n) is 13.8. The largest absolute Gasteiger partial charge is 0.375 e. The topological polar surface area (TPSA) is 14.7 Å². The molecule has 9 aromatic carbocycles. The molecule has 3 heterocycles. The zero-order valence-electron chi connectivity index (χ0n) is 37.8. The van der Waals surface area contributed by atoms with Crippen molar-refractivity contribution in [2.45, 2.75) is 41.5 Å². The van der Waals surface area contributed by atoms with Gasteiger partial charge in [-0.05, 0) is 147 Å². The van der Waals surface area contributed by atoms with E-state index < -0.39 is 0 Å². The number of benzene rings is 9. The van der Waals surface area contributed by atoms with E-state index in [1.54, 1.807) is 0 Å². The van der Waals surface area contributed by atoms with Crippen molar-refractivity contribution in [3.63, 3.8) is 0 Å². The molecule has 0 unspecified atom stereocenters. The molecule has 2 aliphatic heterocycles. The van der Waals surface area contributed by atoms with E-state index in [2.05, 4.69) is 249 Å². The molecular weight excluding hydrogens is 787 g/mol. The van der Waals surface area contributed by atoms with Crippen molar-refractivity contribution in [1.29, 1.82) is 0 Å². The Morgan fingerprint density at radius 1 is 0.400 bits per heavy atom. The van der Waals surface area contributed by atoms with Gasteiger partial charge in [-0.25, -0.2) is 0 Å². The van der Waals surface area contributed by atoms with Crippen LogP contribution in [0.4, 0.5) is 51.2 Å². The van der Waals surface area contributed by atoms with Gasteiger partial charge in [-0.1, -0.05) is 132 Å². The Kier molecular flexibility index (Phi) is 8.93. The highest BCUT2D eigenvalue weighted by Crippen LogP contribution is 2.51. The summed E-state index contributed by atoms with van der Waals surface area (Å²) in [6.07, 6.45) is 0. The summed E-state index contributed by atoms with van der Waals surface area (Å²) in [6.45, 7) is 13.4. The highest BCUT2D eigenvalue weighted by Gasteiger charge is 2.44. The number of hydrogen-bond donors (Lipinski definition) is 0. The maximum atomic E-state index is 2.65. The first-order chi connectivity index (χ1) is 31.7. The van der Waals surface area contributed by atoms with Gasteiger partial charge in [0.05, 0.1) is 11.4 Å². The molecule has 0 spiro atoms. The second-order valence-electron chi connectivity index (χ2n) is 18.2. The molecule has 0 radical (unpaired) electrons. The van der Waals surface area contributed by atoms with Crippen LogP contribution < -0.4 is 25.6 Å². The van der Waals surface area contributed by atoms with Crippen LogP contribution in [-0.2, 0) is 0 Å². The molecule has 2 aliphatic rings. The number of aryl methyl sites for hydroxylation is 6. The smallest absolute Gasteiger partial charge is 0.333 e. The molecule has 312 valence electrons. The van der Waals surface area contributed by atoms with Gasteiger partial charge >= 0.3 is 6.85 Å². The first-order valence-corrected chi connectivity index (χ1v) is 22.8. The van der Waals surface area contributed by atoms with Crippen molar-refractivity contribution in [2.24, 2.45) is 0 Å². The number of hydrogen-bond acceptors (Lipinski definition) is 3. The second kappa shape index (κ2) is 14.9. The minimum absolute atomic E-state index is 0.0867. The minimum atomic E-state index is -0.0867. The van der Waals surface area contributed by atoms with Crippen LogP contribution in [-0.4, -0.2) is 11.3 Å². The first kappa shape index (κ1) is 38.9. The summed E-state index contributed by atoms with van der Waals surface area (Å²) in [6, 6.07) is 70.0. The third kappa shape index (κ3) is 5.99. The molecule has 10 aromatic rings. The van der Waals surface area contributed by atoms with Crippen LogP contribution in [0.25, 0.3) is 32.9 Å². The van der Waals surface area contributed by atoms with Crippen LogP contribution >= 0.6 is 0 Å². The first-order valence-electron chi connectivity index (χ1n) is 22.8. The van der Waals surface area contributed by atoms with Crippen molar-refractivity contribution in [3.8, 4) is 11.1 Å². The number of para-hydroxylation sites is 5. The molecule has 65 heavy (non-hydrogen) atoms. The van der Waals surface area contributed by atoms with Gasteiger partial charge in [0.1, 0.15) is 0 Å². The number of rotatable bonds is 7.